The third-order valence-electron chi connectivity index (χ3n) is 3.27. The van der Waals surface area contributed by atoms with E-state index in [1.54, 1.807) is 0 Å². The number of rotatable bonds is 3. The Hall–Kier alpha value is -0.770. The minimum Gasteiger partial charge on any atom is -0.353 e. The highest BCUT2D eigenvalue weighted by Crippen LogP contribution is 2.11. The van der Waals surface area contributed by atoms with Gasteiger partial charge in [-0.1, -0.05) is 23.7 Å². The standard InChI is InChI=1S/C14H19ClN2O.ClH/c1-10-8-13(6-7-16-10)17-14(18)9-11-2-4-12(15)5-3-11;/h2-5,10,13,16H,6-9H2,1H3,(H,17,18);1H. The lowest BCUT2D eigenvalue weighted by atomic mass is 10.0. The van der Waals surface area contributed by atoms with Crippen LogP contribution in [-0.4, -0.2) is 24.5 Å². The summed E-state index contributed by atoms with van der Waals surface area (Å²) >= 11 is 5.81. The first-order chi connectivity index (χ1) is 8.63. The van der Waals surface area contributed by atoms with Gasteiger partial charge in [-0.3, -0.25) is 4.79 Å². The summed E-state index contributed by atoms with van der Waals surface area (Å²) in [5.74, 6) is 0.0939. The first-order valence-electron chi connectivity index (χ1n) is 6.40. The molecule has 19 heavy (non-hydrogen) atoms. The maximum atomic E-state index is 11.9. The second-order valence-corrected chi connectivity index (χ2v) is 5.38. The fourth-order valence-electron chi connectivity index (χ4n) is 2.33. The molecule has 0 saturated carbocycles. The lowest BCUT2D eigenvalue weighted by Crippen LogP contribution is -2.46. The molecule has 1 aliphatic heterocycles. The van der Waals surface area contributed by atoms with Crippen molar-refractivity contribution in [2.45, 2.75) is 38.3 Å². The van der Waals surface area contributed by atoms with Gasteiger partial charge in [-0.25, -0.2) is 0 Å². The van der Waals surface area contributed by atoms with E-state index in [4.69, 9.17) is 11.6 Å². The molecule has 0 aliphatic carbocycles. The van der Waals surface area contributed by atoms with E-state index in [0.717, 1.165) is 24.9 Å². The van der Waals surface area contributed by atoms with Crippen molar-refractivity contribution in [1.29, 1.82) is 0 Å². The monoisotopic (exact) mass is 302 g/mol. The summed E-state index contributed by atoms with van der Waals surface area (Å²) in [5.41, 5.74) is 0.999. The average Bonchev–Trinajstić information content (AvgIpc) is 2.32. The van der Waals surface area contributed by atoms with Gasteiger partial charge in [0.1, 0.15) is 0 Å². The van der Waals surface area contributed by atoms with E-state index in [2.05, 4.69) is 17.6 Å². The number of amides is 1. The SMILES string of the molecule is CC1CC(NC(=O)Cc2ccc(Cl)cc2)CCN1.Cl. The molecule has 1 aliphatic rings. The Kier molecular flexibility index (Phi) is 6.63. The largest absolute Gasteiger partial charge is 0.353 e. The summed E-state index contributed by atoms with van der Waals surface area (Å²) in [6, 6.07) is 8.22. The Balaban J connectivity index is 0.00000180. The normalized spacial score (nSPS) is 22.4. The first-order valence-corrected chi connectivity index (χ1v) is 6.78. The van der Waals surface area contributed by atoms with E-state index in [-0.39, 0.29) is 18.3 Å². The van der Waals surface area contributed by atoms with Gasteiger partial charge in [0.05, 0.1) is 6.42 Å². The summed E-state index contributed by atoms with van der Waals surface area (Å²) < 4.78 is 0. The van der Waals surface area contributed by atoms with Gasteiger partial charge in [-0.05, 0) is 44.0 Å². The smallest absolute Gasteiger partial charge is 0.224 e. The second kappa shape index (κ2) is 7.73. The molecule has 0 spiro atoms. The van der Waals surface area contributed by atoms with Crippen molar-refractivity contribution in [3.05, 3.63) is 34.9 Å². The fourth-order valence-corrected chi connectivity index (χ4v) is 2.46. The van der Waals surface area contributed by atoms with Crippen LogP contribution in [0.2, 0.25) is 5.02 Å². The molecule has 1 saturated heterocycles. The number of hydrogen-bond donors (Lipinski definition) is 2. The van der Waals surface area contributed by atoms with E-state index in [1.807, 2.05) is 24.3 Å². The predicted octanol–water partition coefficient (Wildman–Crippen LogP) is 2.56. The Morgan fingerprint density at radius 1 is 1.42 bits per heavy atom. The maximum absolute atomic E-state index is 11.9. The van der Waals surface area contributed by atoms with E-state index in [9.17, 15) is 4.79 Å². The molecule has 2 rings (SSSR count). The Labute approximate surface area is 125 Å². The van der Waals surface area contributed by atoms with Gasteiger partial charge in [-0.15, -0.1) is 12.4 Å². The van der Waals surface area contributed by atoms with Gasteiger partial charge in [0.25, 0.3) is 0 Å². The van der Waals surface area contributed by atoms with E-state index < -0.39 is 0 Å². The van der Waals surface area contributed by atoms with Crippen molar-refractivity contribution in [2.24, 2.45) is 0 Å². The molecule has 106 valence electrons. The third kappa shape index (κ3) is 5.39. The molecule has 0 aromatic heterocycles. The Bertz CT molecular complexity index is 408. The molecule has 2 N–H and O–H groups in total. The van der Waals surface area contributed by atoms with Gasteiger partial charge in [0.15, 0.2) is 0 Å². The van der Waals surface area contributed by atoms with Crippen LogP contribution in [0.4, 0.5) is 0 Å². The highest BCUT2D eigenvalue weighted by Gasteiger charge is 2.19. The fraction of sp³-hybridized carbons (Fsp3) is 0.500. The number of hydrogen-bond acceptors (Lipinski definition) is 2. The predicted molar refractivity (Wildman–Crippen MR) is 81.0 cm³/mol. The first kappa shape index (κ1) is 16.3. The number of nitrogens with one attached hydrogen (secondary N) is 2. The van der Waals surface area contributed by atoms with Crippen LogP contribution in [-0.2, 0) is 11.2 Å². The summed E-state index contributed by atoms with van der Waals surface area (Å²) in [6.07, 6.45) is 2.44. The van der Waals surface area contributed by atoms with Crippen molar-refractivity contribution in [1.82, 2.24) is 10.6 Å². The number of halogens is 2. The second-order valence-electron chi connectivity index (χ2n) is 4.95. The number of carbonyl (C=O) groups excluding carboxylic acids is 1. The van der Waals surface area contributed by atoms with Crippen LogP contribution in [0.1, 0.15) is 25.3 Å². The molecule has 1 heterocycles. The Morgan fingerprint density at radius 2 is 2.11 bits per heavy atom. The maximum Gasteiger partial charge on any atom is 0.224 e. The molecule has 1 amide bonds. The van der Waals surface area contributed by atoms with Crippen molar-refractivity contribution >= 4 is 29.9 Å². The zero-order chi connectivity index (χ0) is 13.0. The van der Waals surface area contributed by atoms with Gasteiger partial charge in [0.2, 0.25) is 5.91 Å². The molecule has 0 bridgehead atoms. The van der Waals surface area contributed by atoms with Crippen LogP contribution in [0.5, 0.6) is 0 Å². The summed E-state index contributed by atoms with van der Waals surface area (Å²) in [7, 11) is 0. The van der Waals surface area contributed by atoms with Crippen LogP contribution < -0.4 is 10.6 Å². The molecule has 5 heteroatoms. The van der Waals surface area contributed by atoms with Crippen LogP contribution in [0.25, 0.3) is 0 Å². The molecule has 1 fully saturated rings. The summed E-state index contributed by atoms with van der Waals surface area (Å²) in [6.45, 7) is 3.13. The van der Waals surface area contributed by atoms with Gasteiger partial charge < -0.3 is 10.6 Å². The van der Waals surface area contributed by atoms with E-state index in [0.29, 0.717) is 23.5 Å². The van der Waals surface area contributed by atoms with Gasteiger partial charge in [0, 0.05) is 17.1 Å². The lowest BCUT2D eigenvalue weighted by molar-refractivity contribution is -0.121. The van der Waals surface area contributed by atoms with Gasteiger partial charge in [-0.2, -0.15) is 0 Å². The van der Waals surface area contributed by atoms with Crippen molar-refractivity contribution in [2.75, 3.05) is 6.54 Å². The zero-order valence-electron chi connectivity index (χ0n) is 11.0. The molecule has 2 atom stereocenters. The van der Waals surface area contributed by atoms with Crippen molar-refractivity contribution in [3.63, 3.8) is 0 Å². The topological polar surface area (TPSA) is 41.1 Å². The van der Waals surface area contributed by atoms with Crippen LogP contribution in [0.15, 0.2) is 24.3 Å². The number of piperidine rings is 1. The molecular formula is C14H20Cl2N2O. The third-order valence-corrected chi connectivity index (χ3v) is 3.52. The zero-order valence-corrected chi connectivity index (χ0v) is 12.6. The van der Waals surface area contributed by atoms with Crippen LogP contribution >= 0.6 is 24.0 Å². The molecule has 3 nitrogen and oxygen atoms in total. The van der Waals surface area contributed by atoms with Crippen molar-refractivity contribution < 1.29 is 4.79 Å². The average molecular weight is 303 g/mol. The quantitative estimate of drug-likeness (QED) is 0.901. The minimum atomic E-state index is 0. The lowest BCUT2D eigenvalue weighted by Gasteiger charge is -2.28. The molecule has 2 unspecified atom stereocenters. The molecule has 1 aromatic rings. The van der Waals surface area contributed by atoms with Crippen molar-refractivity contribution in [3.8, 4) is 0 Å². The highest BCUT2D eigenvalue weighted by molar-refractivity contribution is 6.30. The molecular weight excluding hydrogens is 283 g/mol. The van der Waals surface area contributed by atoms with E-state index >= 15 is 0 Å². The number of carbonyl (C=O) groups is 1. The van der Waals surface area contributed by atoms with Crippen LogP contribution in [0.3, 0.4) is 0 Å². The highest BCUT2D eigenvalue weighted by atomic mass is 35.5. The minimum absolute atomic E-state index is 0. The van der Waals surface area contributed by atoms with E-state index in [1.165, 1.54) is 0 Å². The summed E-state index contributed by atoms with van der Waals surface area (Å²) in [4.78, 5) is 11.9. The number of benzene rings is 1. The molecule has 0 radical (unpaired) electrons. The van der Waals surface area contributed by atoms with Crippen LogP contribution in [0, 0.1) is 0 Å². The Morgan fingerprint density at radius 3 is 2.74 bits per heavy atom. The summed E-state index contributed by atoms with van der Waals surface area (Å²) in [5, 5.41) is 7.18. The van der Waals surface area contributed by atoms with Gasteiger partial charge >= 0.3 is 0 Å². The molecule has 1 aromatic carbocycles.